The first kappa shape index (κ1) is 19.2. The Labute approximate surface area is 176 Å². The zero-order valence-electron chi connectivity index (χ0n) is 15.0. The molecule has 0 unspecified atom stereocenters. The molecule has 144 valence electrons. The van der Waals surface area contributed by atoms with Gasteiger partial charge in [0.1, 0.15) is 0 Å². The average molecular weight is 424 g/mol. The summed E-state index contributed by atoms with van der Waals surface area (Å²) in [5.41, 5.74) is 1.71. The molecule has 1 aliphatic heterocycles. The monoisotopic (exact) mass is 423 g/mol. The van der Waals surface area contributed by atoms with E-state index in [1.165, 1.54) is 12.1 Å². The predicted octanol–water partition coefficient (Wildman–Crippen LogP) is 5.00. The van der Waals surface area contributed by atoms with E-state index < -0.39 is 17.8 Å². The smallest absolute Gasteiger partial charge is 0.324 e. The average Bonchev–Trinajstić information content (AvgIpc) is 2.99. The minimum Gasteiger partial charge on any atom is -0.324 e. The highest BCUT2D eigenvalue weighted by Crippen LogP contribution is 2.25. The lowest BCUT2D eigenvalue weighted by Gasteiger charge is -2.12. The Hall–Kier alpha value is -3.09. The first-order chi connectivity index (χ1) is 14.0. The van der Waals surface area contributed by atoms with E-state index in [4.69, 9.17) is 16.4 Å². The third-order valence-corrected chi connectivity index (χ3v) is 5.67. The molecule has 1 heterocycles. The summed E-state index contributed by atoms with van der Waals surface area (Å²) in [6.07, 6.45) is 0. The van der Waals surface area contributed by atoms with E-state index in [-0.39, 0.29) is 16.7 Å². The molecule has 0 aromatic heterocycles. The highest BCUT2D eigenvalue weighted by molar-refractivity contribution is 7.98. The Balaban J connectivity index is 1.39. The van der Waals surface area contributed by atoms with Gasteiger partial charge < -0.3 is 4.84 Å². The van der Waals surface area contributed by atoms with Crippen LogP contribution in [0, 0.1) is 0 Å². The number of hydroxylamine groups is 2. The summed E-state index contributed by atoms with van der Waals surface area (Å²) in [7, 11) is 0. The number of amides is 2. The summed E-state index contributed by atoms with van der Waals surface area (Å²) in [4.78, 5) is 43.1. The second kappa shape index (κ2) is 8.11. The van der Waals surface area contributed by atoms with Crippen molar-refractivity contribution in [3.8, 4) is 0 Å². The van der Waals surface area contributed by atoms with Crippen LogP contribution >= 0.6 is 23.4 Å². The second-order valence-corrected chi connectivity index (χ2v) is 7.75. The Morgan fingerprint density at radius 3 is 2.03 bits per heavy atom. The van der Waals surface area contributed by atoms with Gasteiger partial charge in [0.05, 0.1) is 16.7 Å². The number of carbonyl (C=O) groups is 3. The van der Waals surface area contributed by atoms with Crippen LogP contribution in [0.5, 0.6) is 0 Å². The Kier molecular flexibility index (Phi) is 5.38. The van der Waals surface area contributed by atoms with Crippen molar-refractivity contribution in [1.29, 1.82) is 0 Å². The molecule has 3 aromatic rings. The van der Waals surface area contributed by atoms with E-state index >= 15 is 0 Å². The van der Waals surface area contributed by atoms with Gasteiger partial charge in [-0.15, -0.1) is 11.8 Å². The second-order valence-electron chi connectivity index (χ2n) is 6.27. The normalized spacial score (nSPS) is 12.8. The maximum Gasteiger partial charge on any atom is 0.363 e. The van der Waals surface area contributed by atoms with Crippen LogP contribution in [-0.4, -0.2) is 22.8 Å². The highest BCUT2D eigenvalue weighted by Gasteiger charge is 2.38. The Bertz CT molecular complexity index is 1060. The zero-order chi connectivity index (χ0) is 20.4. The molecule has 4 rings (SSSR count). The highest BCUT2D eigenvalue weighted by atomic mass is 35.5. The SMILES string of the molecule is O=C(ON1C(=O)c2ccccc2C1=O)c1ccc(CSc2ccc(Cl)cc2)cc1. The number of hydrogen-bond acceptors (Lipinski definition) is 5. The third-order valence-electron chi connectivity index (χ3n) is 4.34. The minimum atomic E-state index is -0.767. The zero-order valence-corrected chi connectivity index (χ0v) is 16.6. The van der Waals surface area contributed by atoms with E-state index in [0.717, 1.165) is 16.2 Å². The van der Waals surface area contributed by atoms with Gasteiger partial charge >= 0.3 is 5.97 Å². The number of benzene rings is 3. The predicted molar refractivity (Wildman–Crippen MR) is 110 cm³/mol. The number of halogens is 1. The largest absolute Gasteiger partial charge is 0.363 e. The van der Waals surface area contributed by atoms with Crippen molar-refractivity contribution in [3.63, 3.8) is 0 Å². The maximum atomic E-state index is 12.4. The molecule has 0 atom stereocenters. The molecule has 0 saturated heterocycles. The van der Waals surface area contributed by atoms with Crippen LogP contribution in [0.2, 0.25) is 5.02 Å². The lowest BCUT2D eigenvalue weighted by Crippen LogP contribution is -2.32. The fourth-order valence-corrected chi connectivity index (χ4v) is 3.80. The third kappa shape index (κ3) is 4.04. The van der Waals surface area contributed by atoms with Crippen molar-refractivity contribution in [2.75, 3.05) is 0 Å². The van der Waals surface area contributed by atoms with E-state index in [2.05, 4.69) is 0 Å². The van der Waals surface area contributed by atoms with Crippen LogP contribution < -0.4 is 0 Å². The van der Waals surface area contributed by atoms with Crippen molar-refractivity contribution in [2.24, 2.45) is 0 Å². The van der Waals surface area contributed by atoms with Gasteiger partial charge in [-0.1, -0.05) is 40.9 Å². The molecular formula is C22H14ClNO4S. The van der Waals surface area contributed by atoms with Crippen molar-refractivity contribution >= 4 is 41.1 Å². The fourth-order valence-electron chi connectivity index (χ4n) is 2.82. The van der Waals surface area contributed by atoms with Gasteiger partial charge in [0.15, 0.2) is 0 Å². The molecule has 2 amide bonds. The lowest BCUT2D eigenvalue weighted by atomic mass is 10.1. The van der Waals surface area contributed by atoms with Crippen molar-refractivity contribution in [2.45, 2.75) is 10.6 Å². The van der Waals surface area contributed by atoms with Crippen LogP contribution in [0.4, 0.5) is 0 Å². The summed E-state index contributed by atoms with van der Waals surface area (Å²) in [5, 5.41) is 1.20. The van der Waals surface area contributed by atoms with E-state index in [1.54, 1.807) is 36.0 Å². The molecule has 0 spiro atoms. The molecule has 0 fully saturated rings. The first-order valence-corrected chi connectivity index (χ1v) is 10.1. The number of imide groups is 1. The van der Waals surface area contributed by atoms with Gasteiger partial charge in [-0.05, 0) is 54.1 Å². The molecule has 0 bridgehead atoms. The van der Waals surface area contributed by atoms with Gasteiger partial charge in [-0.2, -0.15) is 0 Å². The molecule has 0 saturated carbocycles. The molecule has 1 aliphatic rings. The van der Waals surface area contributed by atoms with Gasteiger partial charge in [-0.25, -0.2) is 4.79 Å². The van der Waals surface area contributed by atoms with Crippen LogP contribution in [0.25, 0.3) is 0 Å². The summed E-state index contributed by atoms with van der Waals surface area (Å²) >= 11 is 7.53. The molecule has 0 radical (unpaired) electrons. The quantitative estimate of drug-likeness (QED) is 0.427. The van der Waals surface area contributed by atoms with Crippen molar-refractivity contribution in [1.82, 2.24) is 5.06 Å². The molecule has 0 N–H and O–H groups in total. The van der Waals surface area contributed by atoms with E-state index in [9.17, 15) is 14.4 Å². The van der Waals surface area contributed by atoms with Gasteiger partial charge in [0.2, 0.25) is 0 Å². The minimum absolute atomic E-state index is 0.222. The van der Waals surface area contributed by atoms with Gasteiger partial charge in [0.25, 0.3) is 11.8 Å². The van der Waals surface area contributed by atoms with E-state index in [0.29, 0.717) is 10.1 Å². The summed E-state index contributed by atoms with van der Waals surface area (Å²) in [5.74, 6) is -1.34. The molecule has 5 nitrogen and oxygen atoms in total. The number of hydrogen-bond donors (Lipinski definition) is 0. The van der Waals surface area contributed by atoms with Crippen molar-refractivity contribution < 1.29 is 19.2 Å². The van der Waals surface area contributed by atoms with Crippen LogP contribution in [0.15, 0.2) is 77.7 Å². The maximum absolute atomic E-state index is 12.4. The number of rotatable bonds is 5. The Morgan fingerprint density at radius 1 is 0.862 bits per heavy atom. The molecular weight excluding hydrogens is 410 g/mol. The van der Waals surface area contributed by atoms with Gasteiger partial charge in [0, 0.05) is 15.7 Å². The van der Waals surface area contributed by atoms with Crippen molar-refractivity contribution in [3.05, 3.63) is 100 Å². The number of carbonyl (C=O) groups excluding carboxylic acids is 3. The standard InChI is InChI=1S/C22H14ClNO4S/c23-16-9-11-17(12-10-16)29-13-14-5-7-15(8-6-14)22(27)28-24-20(25)18-3-1-2-4-19(18)21(24)26/h1-12H,13H2. The van der Waals surface area contributed by atoms with Crippen LogP contribution in [-0.2, 0) is 10.6 Å². The molecule has 0 aliphatic carbocycles. The number of nitrogens with zero attached hydrogens (tertiary/aromatic N) is 1. The molecule has 29 heavy (non-hydrogen) atoms. The fraction of sp³-hybridized carbons (Fsp3) is 0.0455. The summed E-state index contributed by atoms with van der Waals surface area (Å²) in [6, 6.07) is 20.7. The molecule has 3 aromatic carbocycles. The Morgan fingerprint density at radius 2 is 1.45 bits per heavy atom. The summed E-state index contributed by atoms with van der Waals surface area (Å²) < 4.78 is 0. The van der Waals surface area contributed by atoms with E-state index in [1.807, 2.05) is 36.4 Å². The first-order valence-electron chi connectivity index (χ1n) is 8.70. The number of thioether (sulfide) groups is 1. The molecule has 7 heteroatoms. The topological polar surface area (TPSA) is 63.7 Å². The van der Waals surface area contributed by atoms with Gasteiger partial charge in [-0.3, -0.25) is 9.59 Å². The lowest BCUT2D eigenvalue weighted by molar-refractivity contribution is -0.0584. The van der Waals surface area contributed by atoms with Crippen LogP contribution in [0.3, 0.4) is 0 Å². The summed E-state index contributed by atoms with van der Waals surface area (Å²) in [6.45, 7) is 0. The van der Waals surface area contributed by atoms with Crippen LogP contribution in [0.1, 0.15) is 36.6 Å². The number of fused-ring (bicyclic) bond motifs is 1.